The molecule has 0 aliphatic carbocycles. The molecule has 0 spiro atoms. The molecule has 2 atom stereocenters. The van der Waals surface area contributed by atoms with Gasteiger partial charge in [-0.25, -0.2) is 0 Å². The fourth-order valence-electron chi connectivity index (χ4n) is 4.31. The van der Waals surface area contributed by atoms with E-state index in [1.165, 1.54) is 16.5 Å². The van der Waals surface area contributed by atoms with Gasteiger partial charge in [0.25, 0.3) is 0 Å². The molecule has 0 bridgehead atoms. The van der Waals surface area contributed by atoms with Gasteiger partial charge in [0.1, 0.15) is 0 Å². The molecule has 2 N–H and O–H groups in total. The Kier molecular flexibility index (Phi) is 6.50. The van der Waals surface area contributed by atoms with Crippen LogP contribution in [0.15, 0.2) is 54.7 Å². The molecule has 4 rings (SSSR count). The van der Waals surface area contributed by atoms with Gasteiger partial charge in [0.15, 0.2) is 0 Å². The van der Waals surface area contributed by atoms with E-state index in [9.17, 15) is 4.79 Å². The highest BCUT2D eigenvalue weighted by Crippen LogP contribution is 2.19. The average molecular weight is 406 g/mol. The van der Waals surface area contributed by atoms with Gasteiger partial charge in [0.2, 0.25) is 5.91 Å². The average Bonchev–Trinajstić information content (AvgIpc) is 3.14. The predicted molar refractivity (Wildman–Crippen MR) is 120 cm³/mol. The number of nitrogens with one attached hydrogen (secondary N) is 2. The Morgan fingerprint density at radius 1 is 1.07 bits per heavy atom. The van der Waals surface area contributed by atoms with Crippen molar-refractivity contribution in [3.63, 3.8) is 0 Å². The minimum absolute atomic E-state index is 0.0839. The molecule has 2 aromatic carbocycles. The zero-order valence-corrected chi connectivity index (χ0v) is 17.9. The normalized spacial score (nSPS) is 19.8. The summed E-state index contributed by atoms with van der Waals surface area (Å²) >= 11 is 0. The van der Waals surface area contributed by atoms with Gasteiger partial charge in [-0.05, 0) is 43.0 Å². The lowest BCUT2D eigenvalue weighted by atomic mass is 10.1. The van der Waals surface area contributed by atoms with E-state index >= 15 is 0 Å². The van der Waals surface area contributed by atoms with Crippen LogP contribution in [0.4, 0.5) is 0 Å². The fraction of sp³-hybridized carbons (Fsp3) is 0.400. The van der Waals surface area contributed by atoms with Crippen molar-refractivity contribution in [1.29, 1.82) is 0 Å². The number of morpholine rings is 1. The van der Waals surface area contributed by atoms with Crippen LogP contribution >= 0.6 is 0 Å². The van der Waals surface area contributed by atoms with Crippen molar-refractivity contribution >= 4 is 16.8 Å². The number of hydrogen-bond donors (Lipinski definition) is 2. The third-order valence-corrected chi connectivity index (χ3v) is 5.71. The van der Waals surface area contributed by atoms with Crippen molar-refractivity contribution in [3.8, 4) is 0 Å². The molecule has 1 aliphatic rings. The Labute approximate surface area is 178 Å². The van der Waals surface area contributed by atoms with Crippen LogP contribution in [0.25, 0.3) is 10.9 Å². The molecule has 0 radical (unpaired) electrons. The summed E-state index contributed by atoms with van der Waals surface area (Å²) in [5.74, 6) is 0.0839. The maximum Gasteiger partial charge on any atom is 0.220 e. The molecule has 3 aromatic rings. The van der Waals surface area contributed by atoms with Crippen LogP contribution in [-0.2, 0) is 29.0 Å². The number of carbonyl (C=O) groups excluding carboxylic acids is 1. The van der Waals surface area contributed by atoms with Crippen molar-refractivity contribution in [2.75, 3.05) is 13.1 Å². The summed E-state index contributed by atoms with van der Waals surface area (Å²) in [5, 5.41) is 4.24. The second kappa shape index (κ2) is 9.45. The van der Waals surface area contributed by atoms with E-state index in [1.54, 1.807) is 0 Å². The molecular formula is C25H31N3O2. The highest BCUT2D eigenvalue weighted by molar-refractivity contribution is 5.84. The molecule has 1 aliphatic heterocycles. The van der Waals surface area contributed by atoms with Gasteiger partial charge in [0.05, 0.1) is 12.2 Å². The number of rotatable bonds is 7. The maximum atomic E-state index is 12.3. The number of aryl methyl sites for hydroxylation is 1. The van der Waals surface area contributed by atoms with Crippen LogP contribution in [0.1, 0.15) is 37.0 Å². The number of fused-ring (bicyclic) bond motifs is 1. The summed E-state index contributed by atoms with van der Waals surface area (Å²) < 4.78 is 5.81. The van der Waals surface area contributed by atoms with Gasteiger partial charge in [-0.15, -0.1) is 0 Å². The quantitative estimate of drug-likeness (QED) is 0.624. The minimum atomic E-state index is 0.0839. The Balaban J connectivity index is 1.23. The van der Waals surface area contributed by atoms with Crippen LogP contribution in [0, 0.1) is 0 Å². The molecule has 5 heteroatoms. The SMILES string of the molecule is CC1CN(Cc2ccc(CNC(=O)CCc3c[nH]c4ccccc34)cc2)CC(C)O1. The minimum Gasteiger partial charge on any atom is -0.373 e. The van der Waals surface area contributed by atoms with Crippen LogP contribution < -0.4 is 5.32 Å². The van der Waals surface area contributed by atoms with Crippen molar-refractivity contribution < 1.29 is 9.53 Å². The van der Waals surface area contributed by atoms with E-state index in [-0.39, 0.29) is 18.1 Å². The first kappa shape index (κ1) is 20.6. The van der Waals surface area contributed by atoms with E-state index in [0.717, 1.165) is 37.1 Å². The molecule has 30 heavy (non-hydrogen) atoms. The standard InChI is InChI=1S/C25H31N3O2/c1-18-15-28(16-19(2)30-18)17-21-9-7-20(8-10-21)13-27-25(29)12-11-22-14-26-24-6-4-3-5-23(22)24/h3-10,14,18-19,26H,11-13,15-17H2,1-2H3,(H,27,29). The Morgan fingerprint density at radius 3 is 2.53 bits per heavy atom. The fourth-order valence-corrected chi connectivity index (χ4v) is 4.31. The number of aromatic nitrogens is 1. The summed E-state index contributed by atoms with van der Waals surface area (Å²) in [6.07, 6.45) is 3.81. The highest BCUT2D eigenvalue weighted by Gasteiger charge is 2.21. The first-order chi connectivity index (χ1) is 14.6. The second-order valence-corrected chi connectivity index (χ2v) is 8.40. The maximum absolute atomic E-state index is 12.3. The number of H-pyrrole nitrogens is 1. The number of benzene rings is 2. The zero-order chi connectivity index (χ0) is 20.9. The lowest BCUT2D eigenvalue weighted by molar-refractivity contribution is -0.121. The monoisotopic (exact) mass is 405 g/mol. The summed E-state index contributed by atoms with van der Waals surface area (Å²) in [6, 6.07) is 16.8. The second-order valence-electron chi connectivity index (χ2n) is 8.40. The summed E-state index contributed by atoms with van der Waals surface area (Å²) in [4.78, 5) is 18.0. The van der Waals surface area contributed by atoms with Gasteiger partial charge < -0.3 is 15.0 Å². The highest BCUT2D eigenvalue weighted by atomic mass is 16.5. The van der Waals surface area contributed by atoms with Crippen molar-refractivity contribution in [2.24, 2.45) is 0 Å². The van der Waals surface area contributed by atoms with Crippen LogP contribution in [-0.4, -0.2) is 41.1 Å². The van der Waals surface area contributed by atoms with Gasteiger partial charge in [-0.1, -0.05) is 42.5 Å². The number of amides is 1. The molecule has 158 valence electrons. The van der Waals surface area contributed by atoms with E-state index in [1.807, 2.05) is 18.3 Å². The number of aromatic amines is 1. The van der Waals surface area contributed by atoms with Crippen LogP contribution in [0.2, 0.25) is 0 Å². The smallest absolute Gasteiger partial charge is 0.220 e. The summed E-state index contributed by atoms with van der Waals surface area (Å²) in [5.41, 5.74) is 4.74. The molecule has 1 saturated heterocycles. The summed E-state index contributed by atoms with van der Waals surface area (Å²) in [6.45, 7) is 7.71. The Morgan fingerprint density at radius 2 is 1.77 bits per heavy atom. The van der Waals surface area contributed by atoms with Crippen LogP contribution in [0.5, 0.6) is 0 Å². The first-order valence-electron chi connectivity index (χ1n) is 10.8. The third kappa shape index (κ3) is 5.29. The molecule has 1 aromatic heterocycles. The molecule has 2 heterocycles. The van der Waals surface area contributed by atoms with E-state index in [0.29, 0.717) is 13.0 Å². The van der Waals surface area contributed by atoms with Gasteiger partial charge in [0, 0.05) is 49.7 Å². The molecule has 1 amide bonds. The van der Waals surface area contributed by atoms with Crippen molar-refractivity contribution in [3.05, 3.63) is 71.4 Å². The van der Waals surface area contributed by atoms with E-state index < -0.39 is 0 Å². The molecular weight excluding hydrogens is 374 g/mol. The zero-order valence-electron chi connectivity index (χ0n) is 17.9. The number of carbonyl (C=O) groups is 1. The van der Waals surface area contributed by atoms with E-state index in [4.69, 9.17) is 4.74 Å². The summed E-state index contributed by atoms with van der Waals surface area (Å²) in [7, 11) is 0. The number of ether oxygens (including phenoxy) is 1. The van der Waals surface area contributed by atoms with Gasteiger partial charge in [-0.2, -0.15) is 0 Å². The topological polar surface area (TPSA) is 57.4 Å². The first-order valence-corrected chi connectivity index (χ1v) is 10.8. The Bertz CT molecular complexity index is 969. The van der Waals surface area contributed by atoms with Gasteiger partial charge >= 0.3 is 0 Å². The van der Waals surface area contributed by atoms with Crippen LogP contribution in [0.3, 0.4) is 0 Å². The van der Waals surface area contributed by atoms with Crippen molar-refractivity contribution in [2.45, 2.75) is 52.0 Å². The number of para-hydroxylation sites is 1. The lowest BCUT2D eigenvalue weighted by Gasteiger charge is -2.35. The predicted octanol–water partition coefficient (Wildman–Crippen LogP) is 4.03. The third-order valence-electron chi connectivity index (χ3n) is 5.71. The molecule has 0 saturated carbocycles. The van der Waals surface area contributed by atoms with Gasteiger partial charge in [-0.3, -0.25) is 9.69 Å². The van der Waals surface area contributed by atoms with E-state index in [2.05, 4.69) is 65.4 Å². The lowest BCUT2D eigenvalue weighted by Crippen LogP contribution is -2.44. The molecule has 1 fully saturated rings. The molecule has 5 nitrogen and oxygen atoms in total. The number of hydrogen-bond acceptors (Lipinski definition) is 3. The Hall–Kier alpha value is -2.63. The van der Waals surface area contributed by atoms with Crippen molar-refractivity contribution in [1.82, 2.24) is 15.2 Å². The largest absolute Gasteiger partial charge is 0.373 e. The molecule has 2 unspecified atom stereocenters. The number of nitrogens with zero attached hydrogens (tertiary/aromatic N) is 1.